The second kappa shape index (κ2) is 7.33. The first-order valence-corrected chi connectivity index (χ1v) is 9.34. The summed E-state index contributed by atoms with van der Waals surface area (Å²) in [6.45, 7) is 3.88. The maximum atomic E-state index is 14.4. The van der Waals surface area contributed by atoms with Crippen molar-refractivity contribution in [3.8, 4) is 5.75 Å². The highest BCUT2D eigenvalue weighted by Crippen LogP contribution is 2.34. The number of fused-ring (bicyclic) bond motifs is 1. The van der Waals surface area contributed by atoms with Crippen LogP contribution in [0.5, 0.6) is 5.75 Å². The Kier molecular flexibility index (Phi) is 4.89. The monoisotopic (exact) mass is 386 g/mol. The standard InChI is InChI=1S/C21H20ClFN2O2/c1-13-21(26)24-19-11-14(10-18(23)20(19)27-13)12-25-8-6-16(7-9-25)15-2-4-17(22)5-3-15/h2-6,10-11,13H,7-9,12H2,1H3,(H,24,26). The summed E-state index contributed by atoms with van der Waals surface area (Å²) < 4.78 is 19.8. The van der Waals surface area contributed by atoms with Crippen LogP contribution in [0.2, 0.25) is 5.02 Å². The Morgan fingerprint density at radius 2 is 2.07 bits per heavy atom. The SMILES string of the molecule is CC1Oc2c(F)cc(CN3CC=C(c4ccc(Cl)cc4)CC3)cc2NC1=O. The molecule has 1 unspecified atom stereocenters. The summed E-state index contributed by atoms with van der Waals surface area (Å²) in [5.74, 6) is -0.578. The molecule has 0 aromatic heterocycles. The highest BCUT2D eigenvalue weighted by Gasteiger charge is 2.27. The number of halogens is 2. The van der Waals surface area contributed by atoms with Crippen LogP contribution < -0.4 is 10.1 Å². The summed E-state index contributed by atoms with van der Waals surface area (Å²) in [6, 6.07) is 11.1. The van der Waals surface area contributed by atoms with E-state index in [2.05, 4.69) is 16.3 Å². The van der Waals surface area contributed by atoms with Crippen LogP contribution >= 0.6 is 11.6 Å². The molecule has 2 aromatic carbocycles. The normalized spacial score (nSPS) is 19.7. The number of carbonyl (C=O) groups excluding carboxylic acids is 1. The van der Waals surface area contributed by atoms with E-state index < -0.39 is 11.9 Å². The highest BCUT2D eigenvalue weighted by molar-refractivity contribution is 6.30. The van der Waals surface area contributed by atoms with E-state index in [1.807, 2.05) is 24.3 Å². The van der Waals surface area contributed by atoms with Gasteiger partial charge < -0.3 is 10.1 Å². The van der Waals surface area contributed by atoms with Crippen molar-refractivity contribution in [1.29, 1.82) is 0 Å². The number of amides is 1. The largest absolute Gasteiger partial charge is 0.476 e. The van der Waals surface area contributed by atoms with Crippen molar-refractivity contribution in [3.63, 3.8) is 0 Å². The maximum absolute atomic E-state index is 14.4. The topological polar surface area (TPSA) is 41.6 Å². The molecular weight excluding hydrogens is 367 g/mol. The molecule has 0 saturated heterocycles. The molecule has 0 bridgehead atoms. The molecule has 1 N–H and O–H groups in total. The van der Waals surface area contributed by atoms with Crippen molar-refractivity contribution >= 4 is 28.8 Å². The van der Waals surface area contributed by atoms with E-state index in [4.69, 9.17) is 16.3 Å². The lowest BCUT2D eigenvalue weighted by molar-refractivity contribution is -0.122. The number of ether oxygens (including phenoxy) is 1. The van der Waals surface area contributed by atoms with Crippen LogP contribution in [0.1, 0.15) is 24.5 Å². The number of nitrogens with zero attached hydrogens (tertiary/aromatic N) is 1. The number of carbonyl (C=O) groups is 1. The van der Waals surface area contributed by atoms with Crippen molar-refractivity contribution in [2.45, 2.75) is 26.0 Å². The van der Waals surface area contributed by atoms with Gasteiger partial charge in [0.1, 0.15) is 0 Å². The van der Waals surface area contributed by atoms with Gasteiger partial charge in [-0.3, -0.25) is 9.69 Å². The van der Waals surface area contributed by atoms with Gasteiger partial charge >= 0.3 is 0 Å². The van der Waals surface area contributed by atoms with Gasteiger partial charge in [0.05, 0.1) is 5.69 Å². The Bertz CT molecular complexity index is 911. The van der Waals surface area contributed by atoms with Gasteiger partial charge in [-0.05, 0) is 54.3 Å². The highest BCUT2D eigenvalue weighted by atomic mass is 35.5. The predicted molar refractivity (Wildman–Crippen MR) is 104 cm³/mol. The second-order valence-corrected chi connectivity index (χ2v) is 7.36. The Balaban J connectivity index is 1.46. The Hall–Kier alpha value is -2.37. The fraction of sp³-hybridized carbons (Fsp3) is 0.286. The Morgan fingerprint density at radius 1 is 1.30 bits per heavy atom. The van der Waals surface area contributed by atoms with E-state index in [1.54, 1.807) is 13.0 Å². The minimum Gasteiger partial charge on any atom is -0.476 e. The molecule has 0 saturated carbocycles. The van der Waals surface area contributed by atoms with Crippen molar-refractivity contribution in [2.24, 2.45) is 0 Å². The third kappa shape index (κ3) is 3.84. The first-order chi connectivity index (χ1) is 13.0. The van der Waals surface area contributed by atoms with Crippen LogP contribution in [0, 0.1) is 5.82 Å². The van der Waals surface area contributed by atoms with E-state index in [-0.39, 0.29) is 11.7 Å². The van der Waals surface area contributed by atoms with Gasteiger partial charge in [-0.1, -0.05) is 29.8 Å². The van der Waals surface area contributed by atoms with Crippen LogP contribution in [-0.2, 0) is 11.3 Å². The number of hydrogen-bond acceptors (Lipinski definition) is 3. The van der Waals surface area contributed by atoms with Gasteiger partial charge in [-0.15, -0.1) is 0 Å². The molecule has 2 heterocycles. The maximum Gasteiger partial charge on any atom is 0.265 e. The minimum atomic E-state index is -0.684. The van der Waals surface area contributed by atoms with Crippen LogP contribution in [0.15, 0.2) is 42.5 Å². The molecule has 0 fully saturated rings. The molecule has 2 aliphatic heterocycles. The fourth-order valence-corrected chi connectivity index (χ4v) is 3.58. The molecule has 0 spiro atoms. The third-order valence-corrected chi connectivity index (χ3v) is 5.19. The summed E-state index contributed by atoms with van der Waals surface area (Å²) in [5.41, 5.74) is 3.71. The molecule has 0 aliphatic carbocycles. The van der Waals surface area contributed by atoms with E-state index in [0.29, 0.717) is 12.2 Å². The fourth-order valence-electron chi connectivity index (χ4n) is 3.46. The van der Waals surface area contributed by atoms with Gasteiger partial charge in [-0.2, -0.15) is 0 Å². The van der Waals surface area contributed by atoms with Crippen molar-refractivity contribution < 1.29 is 13.9 Å². The van der Waals surface area contributed by atoms with E-state index in [9.17, 15) is 9.18 Å². The molecule has 140 valence electrons. The zero-order valence-electron chi connectivity index (χ0n) is 15.0. The molecule has 27 heavy (non-hydrogen) atoms. The zero-order valence-corrected chi connectivity index (χ0v) is 15.7. The van der Waals surface area contributed by atoms with Gasteiger partial charge in [0, 0.05) is 24.7 Å². The smallest absolute Gasteiger partial charge is 0.265 e. The van der Waals surface area contributed by atoms with Gasteiger partial charge in [0.15, 0.2) is 17.7 Å². The van der Waals surface area contributed by atoms with Crippen LogP contribution in [0.3, 0.4) is 0 Å². The number of rotatable bonds is 3. The van der Waals surface area contributed by atoms with Gasteiger partial charge in [-0.25, -0.2) is 4.39 Å². The van der Waals surface area contributed by atoms with E-state index in [0.717, 1.165) is 30.1 Å². The van der Waals surface area contributed by atoms with Crippen molar-refractivity contribution in [3.05, 3.63) is 64.4 Å². The number of anilines is 1. The van der Waals surface area contributed by atoms with Crippen LogP contribution in [0.25, 0.3) is 5.57 Å². The van der Waals surface area contributed by atoms with Crippen LogP contribution in [0.4, 0.5) is 10.1 Å². The summed E-state index contributed by atoms with van der Waals surface area (Å²) in [5, 5.41) is 3.45. The third-order valence-electron chi connectivity index (χ3n) is 4.94. The summed E-state index contributed by atoms with van der Waals surface area (Å²) >= 11 is 5.95. The number of benzene rings is 2. The molecule has 2 aromatic rings. The number of nitrogens with one attached hydrogen (secondary N) is 1. The zero-order chi connectivity index (χ0) is 19.0. The molecule has 4 nitrogen and oxygen atoms in total. The second-order valence-electron chi connectivity index (χ2n) is 6.93. The Morgan fingerprint density at radius 3 is 2.78 bits per heavy atom. The lowest BCUT2D eigenvalue weighted by Gasteiger charge is -2.28. The average Bonchev–Trinajstić information content (AvgIpc) is 2.65. The van der Waals surface area contributed by atoms with Gasteiger partial charge in [0.25, 0.3) is 5.91 Å². The lowest BCUT2D eigenvalue weighted by Crippen LogP contribution is -2.35. The summed E-state index contributed by atoms with van der Waals surface area (Å²) in [4.78, 5) is 14.0. The summed E-state index contributed by atoms with van der Waals surface area (Å²) in [7, 11) is 0. The van der Waals surface area contributed by atoms with E-state index in [1.165, 1.54) is 17.2 Å². The van der Waals surface area contributed by atoms with Crippen molar-refractivity contribution in [2.75, 3.05) is 18.4 Å². The first kappa shape index (κ1) is 18.0. The molecule has 1 atom stereocenters. The molecule has 2 aliphatic rings. The van der Waals surface area contributed by atoms with Gasteiger partial charge in [0.2, 0.25) is 0 Å². The Labute approximate surface area is 162 Å². The molecule has 6 heteroatoms. The van der Waals surface area contributed by atoms with Crippen LogP contribution in [-0.4, -0.2) is 30.0 Å². The molecule has 1 amide bonds. The molecule has 0 radical (unpaired) electrons. The lowest BCUT2D eigenvalue weighted by atomic mass is 9.99. The van der Waals surface area contributed by atoms with Crippen molar-refractivity contribution in [1.82, 2.24) is 4.90 Å². The average molecular weight is 387 g/mol. The predicted octanol–water partition coefficient (Wildman–Crippen LogP) is 4.49. The summed E-state index contributed by atoms with van der Waals surface area (Å²) in [6.07, 6.45) is 2.44. The quantitative estimate of drug-likeness (QED) is 0.845. The van der Waals surface area contributed by atoms with E-state index >= 15 is 0 Å². The number of hydrogen-bond donors (Lipinski definition) is 1. The molecular formula is C21H20ClFN2O2. The minimum absolute atomic E-state index is 0.120. The molecule has 4 rings (SSSR count). The first-order valence-electron chi connectivity index (χ1n) is 8.97.